The fraction of sp³-hybridized carbons (Fsp3) is 0.739. The number of carboxylic acids is 1. The molecule has 3 N–H and O–H groups in total. The van der Waals surface area contributed by atoms with E-state index in [1.54, 1.807) is 6.33 Å². The minimum atomic E-state index is -0.907. The van der Waals surface area contributed by atoms with Gasteiger partial charge >= 0.3 is 5.97 Å². The van der Waals surface area contributed by atoms with Crippen LogP contribution in [0.15, 0.2) is 12.7 Å². The van der Waals surface area contributed by atoms with Gasteiger partial charge in [-0.05, 0) is 52.9 Å². The lowest BCUT2D eigenvalue weighted by Crippen LogP contribution is -2.53. The molecule has 2 aromatic rings. The number of fused-ring (bicyclic) bond motifs is 2. The fourth-order valence-corrected chi connectivity index (χ4v) is 5.76. The topological polar surface area (TPSA) is 138 Å². The number of rotatable bonds is 8. The van der Waals surface area contributed by atoms with Crippen LogP contribution in [-0.2, 0) is 24.7 Å². The van der Waals surface area contributed by atoms with Crippen molar-refractivity contribution in [3.63, 3.8) is 0 Å². The zero-order valence-corrected chi connectivity index (χ0v) is 20.2. The number of anilines is 1. The highest BCUT2D eigenvalue weighted by Gasteiger charge is 2.63. The molecule has 1 saturated carbocycles. The lowest BCUT2D eigenvalue weighted by atomic mass is 9.76. The highest BCUT2D eigenvalue weighted by atomic mass is 16.8. The Bertz CT molecular complexity index is 1070. The van der Waals surface area contributed by atoms with Crippen LogP contribution < -0.4 is 5.73 Å². The highest BCUT2D eigenvalue weighted by Crippen LogP contribution is 2.48. The second-order valence-corrected chi connectivity index (χ2v) is 10.5. The predicted molar refractivity (Wildman–Crippen MR) is 123 cm³/mol. The molecule has 0 aromatic carbocycles. The quantitative estimate of drug-likeness (QED) is 0.584. The van der Waals surface area contributed by atoms with Gasteiger partial charge in [0.05, 0.1) is 12.9 Å². The van der Waals surface area contributed by atoms with Gasteiger partial charge in [-0.3, -0.25) is 14.3 Å². The van der Waals surface area contributed by atoms with Crippen molar-refractivity contribution in [2.75, 3.05) is 18.9 Å². The Labute approximate surface area is 198 Å². The van der Waals surface area contributed by atoms with Gasteiger partial charge in [0.25, 0.3) is 0 Å². The van der Waals surface area contributed by atoms with E-state index in [4.69, 9.17) is 25.1 Å². The summed E-state index contributed by atoms with van der Waals surface area (Å²) in [6.45, 7) is 9.19. The average molecular weight is 475 g/mol. The third-order valence-electron chi connectivity index (χ3n) is 7.39. The lowest BCUT2D eigenvalue weighted by molar-refractivity contribution is -0.206. The average Bonchev–Trinajstić information content (AvgIpc) is 3.36. The van der Waals surface area contributed by atoms with E-state index in [2.05, 4.69) is 33.7 Å². The molecule has 2 saturated heterocycles. The molecule has 0 amide bonds. The molecule has 11 heteroatoms. The standard InChI is InChI=1S/C23H34N6O5/c1-13(2)28(15-7-14(8-15)5-6-17(30)31)9-16-19-23(10-32-16,34-22(3,4)33-19)29-12-27-18-20(24)25-11-26-21(18)29/h11-16,19H,5-10H2,1-4H3,(H,30,31)(H2,24,25,26)/t14-,15-,16-,19-,23-/m1/s1. The van der Waals surface area contributed by atoms with Crippen molar-refractivity contribution in [3.8, 4) is 0 Å². The van der Waals surface area contributed by atoms with Crippen LogP contribution in [0.25, 0.3) is 11.2 Å². The summed E-state index contributed by atoms with van der Waals surface area (Å²) in [7, 11) is 0. The Morgan fingerprint density at radius 2 is 2.09 bits per heavy atom. The van der Waals surface area contributed by atoms with Gasteiger partial charge in [-0.2, -0.15) is 0 Å². The van der Waals surface area contributed by atoms with E-state index in [1.807, 2.05) is 18.4 Å². The van der Waals surface area contributed by atoms with Crippen LogP contribution in [-0.4, -0.2) is 78.7 Å². The molecule has 2 aliphatic heterocycles. The molecule has 5 rings (SSSR count). The largest absolute Gasteiger partial charge is 0.481 e. The monoisotopic (exact) mass is 474 g/mol. The summed E-state index contributed by atoms with van der Waals surface area (Å²) in [5, 5.41) is 8.97. The lowest BCUT2D eigenvalue weighted by Gasteiger charge is -2.46. The zero-order chi connectivity index (χ0) is 24.3. The zero-order valence-electron chi connectivity index (χ0n) is 20.2. The van der Waals surface area contributed by atoms with Gasteiger partial charge in [-0.1, -0.05) is 0 Å². The third-order valence-corrected chi connectivity index (χ3v) is 7.39. The maximum Gasteiger partial charge on any atom is 0.303 e. The first-order valence-corrected chi connectivity index (χ1v) is 12.0. The van der Waals surface area contributed by atoms with Crippen LogP contribution in [0.3, 0.4) is 0 Å². The number of ether oxygens (including phenoxy) is 3. The maximum atomic E-state index is 10.9. The van der Waals surface area contributed by atoms with Crippen molar-refractivity contribution >= 4 is 23.0 Å². The number of nitrogens with zero attached hydrogens (tertiary/aromatic N) is 5. The summed E-state index contributed by atoms with van der Waals surface area (Å²) in [6.07, 6.45) is 5.54. The molecule has 0 spiro atoms. The Balaban J connectivity index is 1.37. The molecule has 1 aliphatic carbocycles. The number of carboxylic acid groups (broad SMARTS) is 1. The van der Waals surface area contributed by atoms with Gasteiger partial charge < -0.3 is 25.1 Å². The van der Waals surface area contributed by atoms with Gasteiger partial charge in [-0.25, -0.2) is 15.0 Å². The van der Waals surface area contributed by atoms with Crippen LogP contribution in [0.2, 0.25) is 0 Å². The third kappa shape index (κ3) is 3.94. The van der Waals surface area contributed by atoms with Crippen molar-refractivity contribution in [1.82, 2.24) is 24.4 Å². The van der Waals surface area contributed by atoms with Crippen LogP contribution >= 0.6 is 0 Å². The molecule has 3 aliphatic rings. The van der Waals surface area contributed by atoms with Crippen LogP contribution in [0.1, 0.15) is 53.4 Å². The van der Waals surface area contributed by atoms with Gasteiger partial charge in [0.2, 0.25) is 5.72 Å². The maximum absolute atomic E-state index is 10.9. The minimum absolute atomic E-state index is 0.209. The molecule has 0 radical (unpaired) electrons. The first kappa shape index (κ1) is 23.4. The van der Waals surface area contributed by atoms with Gasteiger partial charge in [0.15, 0.2) is 17.3 Å². The van der Waals surface area contributed by atoms with Gasteiger partial charge in [0, 0.05) is 25.0 Å². The summed E-state index contributed by atoms with van der Waals surface area (Å²) in [5.74, 6) is -0.736. The fourth-order valence-electron chi connectivity index (χ4n) is 5.76. The molecule has 3 fully saturated rings. The summed E-state index contributed by atoms with van der Waals surface area (Å²) in [4.78, 5) is 26.3. The first-order valence-electron chi connectivity index (χ1n) is 12.0. The number of aliphatic carboxylic acids is 1. The molecule has 4 heterocycles. The number of aromatic nitrogens is 4. The summed E-state index contributed by atoms with van der Waals surface area (Å²) >= 11 is 0. The molecule has 186 valence electrons. The van der Waals surface area contributed by atoms with Crippen LogP contribution in [0.5, 0.6) is 0 Å². The van der Waals surface area contributed by atoms with E-state index in [0.717, 1.165) is 19.3 Å². The Morgan fingerprint density at radius 3 is 2.79 bits per heavy atom. The Kier molecular flexibility index (Phi) is 5.78. The van der Waals surface area contributed by atoms with E-state index >= 15 is 0 Å². The van der Waals surface area contributed by atoms with Crippen LogP contribution in [0, 0.1) is 5.92 Å². The van der Waals surface area contributed by atoms with Crippen molar-refractivity contribution in [3.05, 3.63) is 12.7 Å². The van der Waals surface area contributed by atoms with Crippen LogP contribution in [0.4, 0.5) is 5.82 Å². The second-order valence-electron chi connectivity index (χ2n) is 10.5. The number of nitrogen functional groups attached to an aromatic ring is 1. The summed E-state index contributed by atoms with van der Waals surface area (Å²) in [5.41, 5.74) is 6.22. The van der Waals surface area contributed by atoms with E-state index in [1.165, 1.54) is 6.33 Å². The molecule has 34 heavy (non-hydrogen) atoms. The number of imidazole rings is 1. The van der Waals surface area contributed by atoms with Gasteiger partial charge in [0.1, 0.15) is 24.1 Å². The van der Waals surface area contributed by atoms with E-state index in [-0.39, 0.29) is 18.6 Å². The van der Waals surface area contributed by atoms with E-state index in [9.17, 15) is 4.79 Å². The number of hydrogen-bond acceptors (Lipinski definition) is 9. The predicted octanol–water partition coefficient (Wildman–Crippen LogP) is 1.97. The molecular weight excluding hydrogens is 440 g/mol. The molecule has 0 bridgehead atoms. The molecule has 3 atom stereocenters. The minimum Gasteiger partial charge on any atom is -0.481 e. The number of hydrogen-bond donors (Lipinski definition) is 2. The van der Waals surface area contributed by atoms with Gasteiger partial charge in [-0.15, -0.1) is 0 Å². The molecular formula is C23H34N6O5. The number of nitrogens with two attached hydrogens (primary N) is 1. The highest BCUT2D eigenvalue weighted by molar-refractivity contribution is 5.81. The van der Waals surface area contributed by atoms with Crippen molar-refractivity contribution < 1.29 is 24.1 Å². The van der Waals surface area contributed by atoms with Crippen molar-refractivity contribution in [1.29, 1.82) is 0 Å². The summed E-state index contributed by atoms with van der Waals surface area (Å²) in [6, 6.07) is 0.732. The first-order chi connectivity index (χ1) is 16.1. The van der Waals surface area contributed by atoms with Crippen molar-refractivity contribution in [2.24, 2.45) is 5.92 Å². The molecule has 11 nitrogen and oxygen atoms in total. The molecule has 2 aromatic heterocycles. The van der Waals surface area contributed by atoms with E-state index in [0.29, 0.717) is 48.1 Å². The molecule has 0 unspecified atom stereocenters. The number of carbonyl (C=O) groups is 1. The smallest absolute Gasteiger partial charge is 0.303 e. The van der Waals surface area contributed by atoms with Crippen molar-refractivity contribution in [2.45, 2.75) is 89.2 Å². The summed E-state index contributed by atoms with van der Waals surface area (Å²) < 4.78 is 21.1. The normalized spacial score (nSPS) is 32.4. The second kappa shape index (κ2) is 8.40. The Hall–Kier alpha value is -2.34. The SMILES string of the molecule is CC(C)N(C[C@H]1OC[C@@]2(n3cnc4c(N)ncnc43)OC(C)(C)O[C@H]12)[C@H]1C[C@H](CCC(=O)O)C1. The van der Waals surface area contributed by atoms with E-state index < -0.39 is 17.5 Å². The Morgan fingerprint density at radius 1 is 1.32 bits per heavy atom.